The quantitative estimate of drug-likeness (QED) is 0.0444. The number of aliphatic hydroxyl groups excluding tert-OH is 1. The Balaban J connectivity index is 1.64. The maximum Gasteiger partial charge on any atom is 0.416 e. The standard InChI is InChI=1S/C37H51N7O9S/c1-24-19-28(52-18-9-11-31(39)45)20-25(2)33(24)54(49,50)43-30(35(47)51-6)23-42-34(46)26-13-14-29(27(21-26)22-38)40-16-10-17-44(32-12-7-8-15-41-32)36(48)53-37(3,4)5/h7-8,12-15,19-22,30-31,38,40,43,45H,9-11,16-18,23,39H2,1-6H3,(H,42,46). The van der Waals surface area contributed by atoms with Crippen molar-refractivity contribution < 1.29 is 42.1 Å². The van der Waals surface area contributed by atoms with Gasteiger partial charge in [0.15, 0.2) is 0 Å². The van der Waals surface area contributed by atoms with Crippen molar-refractivity contribution in [3.05, 3.63) is 77.0 Å². The van der Waals surface area contributed by atoms with Crippen LogP contribution in [0.3, 0.4) is 0 Å². The Bertz CT molecular complexity index is 1840. The summed E-state index contributed by atoms with van der Waals surface area (Å²) in [6.07, 6.45) is 2.54. The average molecular weight is 770 g/mol. The van der Waals surface area contributed by atoms with E-state index < -0.39 is 52.4 Å². The first kappa shape index (κ1) is 43.3. The van der Waals surface area contributed by atoms with Crippen molar-refractivity contribution >= 4 is 45.7 Å². The molecule has 0 saturated heterocycles. The van der Waals surface area contributed by atoms with Crippen molar-refractivity contribution in [2.24, 2.45) is 5.73 Å². The summed E-state index contributed by atoms with van der Waals surface area (Å²) in [6, 6.07) is 11.5. The highest BCUT2D eigenvalue weighted by atomic mass is 32.2. The molecule has 0 bridgehead atoms. The molecular formula is C37H51N7O9S. The van der Waals surface area contributed by atoms with Gasteiger partial charge < -0.3 is 41.1 Å². The van der Waals surface area contributed by atoms with Crippen molar-refractivity contribution in [2.45, 2.75) is 76.6 Å². The maximum atomic E-state index is 13.5. The number of carbonyl (C=O) groups excluding carboxylic acids is 3. The van der Waals surface area contributed by atoms with Gasteiger partial charge in [0.2, 0.25) is 10.0 Å². The van der Waals surface area contributed by atoms with Gasteiger partial charge in [-0.25, -0.2) is 18.2 Å². The maximum absolute atomic E-state index is 13.5. The van der Waals surface area contributed by atoms with Gasteiger partial charge in [0.1, 0.15) is 29.4 Å². The molecule has 3 rings (SSSR count). The number of methoxy groups -OCH3 is 1. The van der Waals surface area contributed by atoms with Crippen LogP contribution in [0.5, 0.6) is 5.75 Å². The number of nitrogens with zero attached hydrogens (tertiary/aromatic N) is 2. The summed E-state index contributed by atoms with van der Waals surface area (Å²) in [7, 11) is -3.18. The number of hydrogen-bond donors (Lipinski definition) is 6. The number of hydrogen-bond acceptors (Lipinski definition) is 13. The molecule has 2 atom stereocenters. The number of benzene rings is 2. The number of rotatable bonds is 19. The minimum Gasteiger partial charge on any atom is -0.494 e. The lowest BCUT2D eigenvalue weighted by Gasteiger charge is -2.27. The summed E-state index contributed by atoms with van der Waals surface area (Å²) in [4.78, 5) is 44.4. The van der Waals surface area contributed by atoms with Crippen LogP contribution in [0, 0.1) is 19.3 Å². The summed E-state index contributed by atoms with van der Waals surface area (Å²) < 4.78 is 45.4. The molecule has 2 unspecified atom stereocenters. The number of pyridine rings is 1. The second kappa shape index (κ2) is 19.8. The highest BCUT2D eigenvalue weighted by Gasteiger charge is 2.30. The molecule has 3 aromatic rings. The zero-order valence-electron chi connectivity index (χ0n) is 31.5. The minimum absolute atomic E-state index is 0.0551. The molecule has 7 N–H and O–H groups in total. The smallest absolute Gasteiger partial charge is 0.416 e. The summed E-state index contributed by atoms with van der Waals surface area (Å²) in [5.74, 6) is -0.642. The zero-order valence-corrected chi connectivity index (χ0v) is 32.3. The molecule has 0 fully saturated rings. The minimum atomic E-state index is -4.28. The molecule has 0 saturated carbocycles. The fourth-order valence-corrected chi connectivity index (χ4v) is 6.97. The number of carbonyl (C=O) groups is 3. The lowest BCUT2D eigenvalue weighted by Crippen LogP contribution is -2.49. The molecule has 17 heteroatoms. The van der Waals surface area contributed by atoms with Crippen LogP contribution < -0.4 is 30.7 Å². The van der Waals surface area contributed by atoms with Crippen LogP contribution in [-0.2, 0) is 24.3 Å². The fourth-order valence-electron chi connectivity index (χ4n) is 5.33. The van der Waals surface area contributed by atoms with E-state index in [9.17, 15) is 27.9 Å². The third-order valence-electron chi connectivity index (χ3n) is 7.75. The number of aromatic nitrogens is 1. The third kappa shape index (κ3) is 13.1. The highest BCUT2D eigenvalue weighted by Crippen LogP contribution is 2.26. The Morgan fingerprint density at radius 2 is 1.78 bits per heavy atom. The summed E-state index contributed by atoms with van der Waals surface area (Å²) in [5, 5.41) is 23.0. The first-order chi connectivity index (χ1) is 25.4. The number of nitrogens with one attached hydrogen (secondary N) is 4. The van der Waals surface area contributed by atoms with E-state index in [-0.39, 0.29) is 17.1 Å². The van der Waals surface area contributed by atoms with Gasteiger partial charge in [-0.3, -0.25) is 14.5 Å². The van der Waals surface area contributed by atoms with Gasteiger partial charge in [0.25, 0.3) is 5.91 Å². The van der Waals surface area contributed by atoms with Gasteiger partial charge in [-0.2, -0.15) is 4.72 Å². The SMILES string of the molecule is COC(=O)C(CNC(=O)c1ccc(NCCCN(C(=O)OC(C)(C)C)c2ccccn2)c(C=N)c1)NS(=O)(=O)c1c(C)cc(OCCCC(N)O)cc1C. The van der Waals surface area contributed by atoms with Crippen molar-refractivity contribution in [3.63, 3.8) is 0 Å². The molecule has 0 aliphatic heterocycles. The van der Waals surface area contributed by atoms with Crippen molar-refractivity contribution in [3.8, 4) is 5.75 Å². The molecule has 0 radical (unpaired) electrons. The first-order valence-corrected chi connectivity index (χ1v) is 18.8. The molecular weight excluding hydrogens is 719 g/mol. The van der Waals surface area contributed by atoms with Gasteiger partial charge in [-0.1, -0.05) is 6.07 Å². The van der Waals surface area contributed by atoms with Gasteiger partial charge >= 0.3 is 12.1 Å². The van der Waals surface area contributed by atoms with E-state index in [0.29, 0.717) is 66.3 Å². The van der Waals surface area contributed by atoms with Gasteiger partial charge in [0, 0.05) is 48.9 Å². The van der Waals surface area contributed by atoms with E-state index >= 15 is 0 Å². The van der Waals surface area contributed by atoms with E-state index in [2.05, 4.69) is 20.3 Å². The molecule has 0 aliphatic carbocycles. The second-order valence-electron chi connectivity index (χ2n) is 13.4. The van der Waals surface area contributed by atoms with Crippen molar-refractivity contribution in [1.29, 1.82) is 5.41 Å². The fraction of sp³-hybridized carbons (Fsp3) is 0.432. The topological polar surface area (TPSA) is 235 Å². The van der Waals surface area contributed by atoms with Gasteiger partial charge in [-0.05, 0) is 107 Å². The van der Waals surface area contributed by atoms with Crippen LogP contribution in [0.2, 0.25) is 0 Å². The number of anilines is 2. The molecule has 16 nitrogen and oxygen atoms in total. The predicted molar refractivity (Wildman–Crippen MR) is 205 cm³/mol. The summed E-state index contributed by atoms with van der Waals surface area (Å²) >= 11 is 0. The number of aliphatic hydroxyl groups is 1. The van der Waals surface area contributed by atoms with Crippen molar-refractivity contribution in [2.75, 3.05) is 43.6 Å². The van der Waals surface area contributed by atoms with Gasteiger partial charge in [0.05, 0.1) is 18.6 Å². The zero-order chi connectivity index (χ0) is 40.1. The second-order valence-corrected chi connectivity index (χ2v) is 15.0. The molecule has 2 amide bonds. The Hall–Kier alpha value is -5.10. The largest absolute Gasteiger partial charge is 0.494 e. The number of nitrogens with two attached hydrogens (primary N) is 1. The predicted octanol–water partition coefficient (Wildman–Crippen LogP) is 3.63. The number of esters is 1. The van der Waals surface area contributed by atoms with E-state index in [4.69, 9.17) is 25.4 Å². The highest BCUT2D eigenvalue weighted by molar-refractivity contribution is 7.89. The number of amides is 2. The molecule has 1 heterocycles. The van der Waals surface area contributed by atoms with Gasteiger partial charge in [-0.15, -0.1) is 0 Å². The number of aryl methyl sites for hydroxylation is 2. The Morgan fingerprint density at radius 3 is 2.37 bits per heavy atom. The van der Waals surface area contributed by atoms with E-state index in [1.807, 2.05) is 0 Å². The molecule has 0 aliphatic rings. The lowest BCUT2D eigenvalue weighted by atomic mass is 10.1. The normalized spacial score (nSPS) is 12.6. The molecule has 1 aromatic heterocycles. The Labute approximate surface area is 316 Å². The first-order valence-electron chi connectivity index (χ1n) is 17.3. The van der Waals surface area contributed by atoms with Crippen LogP contribution in [-0.4, -0.2) is 93.9 Å². The summed E-state index contributed by atoms with van der Waals surface area (Å²) in [6.45, 7) is 9.08. The molecule has 54 heavy (non-hydrogen) atoms. The Kier molecular flexibility index (Phi) is 15.9. The van der Waals surface area contributed by atoms with Crippen LogP contribution >= 0.6 is 0 Å². The molecule has 2 aromatic carbocycles. The van der Waals surface area contributed by atoms with Crippen LogP contribution in [0.15, 0.2) is 59.6 Å². The number of ether oxygens (including phenoxy) is 3. The average Bonchev–Trinajstić information content (AvgIpc) is 3.10. The third-order valence-corrected chi connectivity index (χ3v) is 9.52. The molecule has 294 valence electrons. The monoisotopic (exact) mass is 769 g/mol. The lowest BCUT2D eigenvalue weighted by molar-refractivity contribution is -0.142. The Morgan fingerprint density at radius 1 is 1.07 bits per heavy atom. The van der Waals surface area contributed by atoms with Crippen LogP contribution in [0.4, 0.5) is 16.3 Å². The van der Waals surface area contributed by atoms with E-state index in [0.717, 1.165) is 13.3 Å². The number of sulfonamides is 1. The summed E-state index contributed by atoms with van der Waals surface area (Å²) in [5.41, 5.74) is 6.53. The van der Waals surface area contributed by atoms with E-state index in [1.54, 1.807) is 77.2 Å². The van der Waals surface area contributed by atoms with E-state index in [1.165, 1.54) is 17.0 Å². The van der Waals surface area contributed by atoms with Crippen molar-refractivity contribution in [1.82, 2.24) is 15.0 Å². The van der Waals surface area contributed by atoms with Crippen LogP contribution in [0.25, 0.3) is 0 Å². The van der Waals surface area contributed by atoms with Crippen LogP contribution in [0.1, 0.15) is 67.1 Å². The molecule has 0 spiro atoms.